The van der Waals surface area contributed by atoms with Crippen LogP contribution in [-0.4, -0.2) is 66.9 Å². The zero-order valence-corrected chi connectivity index (χ0v) is 17.6. The molecule has 4 rings (SSSR count). The van der Waals surface area contributed by atoms with E-state index < -0.39 is 5.79 Å². The third-order valence-corrected chi connectivity index (χ3v) is 6.87. The number of halogens is 2. The quantitative estimate of drug-likeness (QED) is 0.687. The van der Waals surface area contributed by atoms with Crippen LogP contribution < -0.4 is 0 Å². The number of amides is 1. The normalized spacial score (nSPS) is 27.2. The fourth-order valence-corrected chi connectivity index (χ4v) is 4.96. The summed E-state index contributed by atoms with van der Waals surface area (Å²) in [4.78, 5) is 17.6. The van der Waals surface area contributed by atoms with E-state index in [1.54, 1.807) is 18.2 Å². The van der Waals surface area contributed by atoms with Crippen molar-refractivity contribution < 1.29 is 14.3 Å². The predicted molar refractivity (Wildman–Crippen MR) is 110 cm³/mol. The predicted octanol–water partition coefficient (Wildman–Crippen LogP) is 3.99. The highest BCUT2D eigenvalue weighted by molar-refractivity contribution is 6.42. The first-order valence-corrected chi connectivity index (χ1v) is 10.6. The minimum Gasteiger partial charge on any atom is -0.347 e. The molecule has 2 unspecified atom stereocenters. The molecule has 2 aliphatic heterocycles. The van der Waals surface area contributed by atoms with E-state index in [2.05, 4.69) is 17.1 Å². The first-order valence-electron chi connectivity index (χ1n) is 9.88. The molecule has 1 aromatic carbocycles. The van der Waals surface area contributed by atoms with E-state index in [4.69, 9.17) is 32.7 Å². The molecular weight excluding hydrogens is 399 g/mol. The topological polar surface area (TPSA) is 42.0 Å². The van der Waals surface area contributed by atoms with Gasteiger partial charge in [0.2, 0.25) is 0 Å². The number of hydrogen-bond donors (Lipinski definition) is 0. The van der Waals surface area contributed by atoms with Gasteiger partial charge in [-0.05, 0) is 31.0 Å². The van der Waals surface area contributed by atoms with Crippen LogP contribution in [0.15, 0.2) is 30.4 Å². The van der Waals surface area contributed by atoms with E-state index >= 15 is 0 Å². The number of ether oxygens (including phenoxy) is 2. The van der Waals surface area contributed by atoms with Gasteiger partial charge in [-0.1, -0.05) is 35.4 Å². The monoisotopic (exact) mass is 424 g/mol. The van der Waals surface area contributed by atoms with Gasteiger partial charge in [0.1, 0.15) is 0 Å². The highest BCUT2D eigenvalue weighted by Crippen LogP contribution is 2.38. The van der Waals surface area contributed by atoms with E-state index in [9.17, 15) is 4.79 Å². The van der Waals surface area contributed by atoms with Crippen molar-refractivity contribution in [3.05, 3.63) is 46.0 Å². The van der Waals surface area contributed by atoms with Crippen molar-refractivity contribution in [2.45, 2.75) is 43.6 Å². The molecule has 0 radical (unpaired) electrons. The highest BCUT2D eigenvalue weighted by Gasteiger charge is 2.46. The summed E-state index contributed by atoms with van der Waals surface area (Å²) in [7, 11) is 1.87. The Morgan fingerprint density at radius 2 is 1.89 bits per heavy atom. The lowest BCUT2D eigenvalue weighted by Gasteiger charge is -2.40. The van der Waals surface area contributed by atoms with Gasteiger partial charge in [-0.15, -0.1) is 0 Å². The van der Waals surface area contributed by atoms with Crippen molar-refractivity contribution in [3.63, 3.8) is 0 Å². The van der Waals surface area contributed by atoms with Crippen LogP contribution in [0.4, 0.5) is 0 Å². The van der Waals surface area contributed by atoms with E-state index in [1.807, 2.05) is 11.9 Å². The van der Waals surface area contributed by atoms with Gasteiger partial charge in [0.25, 0.3) is 5.91 Å². The van der Waals surface area contributed by atoms with Gasteiger partial charge in [-0.25, -0.2) is 0 Å². The van der Waals surface area contributed by atoms with Crippen LogP contribution in [0.5, 0.6) is 0 Å². The fourth-order valence-electron chi connectivity index (χ4n) is 4.66. The van der Waals surface area contributed by atoms with Crippen LogP contribution in [-0.2, 0) is 9.47 Å². The molecule has 5 nitrogen and oxygen atoms in total. The van der Waals surface area contributed by atoms with Crippen molar-refractivity contribution >= 4 is 29.1 Å². The molecule has 2 atom stereocenters. The van der Waals surface area contributed by atoms with Gasteiger partial charge in [-0.3, -0.25) is 9.69 Å². The van der Waals surface area contributed by atoms with Gasteiger partial charge in [0, 0.05) is 44.6 Å². The summed E-state index contributed by atoms with van der Waals surface area (Å²) < 4.78 is 12.1. The number of nitrogens with zero attached hydrogens (tertiary/aromatic N) is 2. The lowest BCUT2D eigenvalue weighted by atomic mass is 9.97. The Kier molecular flexibility index (Phi) is 6.00. The van der Waals surface area contributed by atoms with E-state index in [0.29, 0.717) is 35.2 Å². The Bertz CT molecular complexity index is 756. The molecule has 1 aliphatic carbocycles. The molecule has 0 aromatic heterocycles. The van der Waals surface area contributed by atoms with E-state index in [-0.39, 0.29) is 18.0 Å². The maximum Gasteiger partial charge on any atom is 0.253 e. The first-order chi connectivity index (χ1) is 13.5. The summed E-state index contributed by atoms with van der Waals surface area (Å²) >= 11 is 12.2. The number of likely N-dealkylation sites (N-methyl/N-ethyl adjacent to an activating group) is 1. The number of benzene rings is 1. The average Bonchev–Trinajstić information content (AvgIpc) is 3.34. The highest BCUT2D eigenvalue weighted by atomic mass is 35.5. The maximum absolute atomic E-state index is 13.3. The molecule has 1 aromatic rings. The molecule has 0 bridgehead atoms. The van der Waals surface area contributed by atoms with Crippen LogP contribution in [0.3, 0.4) is 0 Å². The van der Waals surface area contributed by atoms with Gasteiger partial charge in [0.05, 0.1) is 29.3 Å². The van der Waals surface area contributed by atoms with E-state index in [1.165, 1.54) is 0 Å². The van der Waals surface area contributed by atoms with Crippen LogP contribution in [0.25, 0.3) is 0 Å². The Balaban J connectivity index is 1.61. The van der Waals surface area contributed by atoms with Crippen LogP contribution >= 0.6 is 23.2 Å². The Hall–Kier alpha value is -1.11. The second kappa shape index (κ2) is 8.33. The second-order valence-electron chi connectivity index (χ2n) is 7.81. The first kappa shape index (κ1) is 20.2. The molecular formula is C21H26Cl2N2O3. The zero-order valence-electron chi connectivity index (χ0n) is 16.1. The number of carbonyl (C=O) groups is 1. The molecule has 152 valence electrons. The lowest BCUT2D eigenvalue weighted by molar-refractivity contribution is -0.172. The summed E-state index contributed by atoms with van der Waals surface area (Å²) in [6, 6.07) is 5.30. The summed E-state index contributed by atoms with van der Waals surface area (Å²) in [6.07, 6.45) is 7.97. The summed E-state index contributed by atoms with van der Waals surface area (Å²) in [6.45, 7) is 3.08. The third-order valence-electron chi connectivity index (χ3n) is 6.14. The van der Waals surface area contributed by atoms with Crippen molar-refractivity contribution in [3.8, 4) is 0 Å². The Morgan fingerprint density at radius 3 is 2.57 bits per heavy atom. The molecule has 2 heterocycles. The van der Waals surface area contributed by atoms with Crippen molar-refractivity contribution in [1.82, 2.24) is 9.80 Å². The molecule has 7 heteroatoms. The maximum atomic E-state index is 13.3. The molecule has 0 N–H and O–H groups in total. The van der Waals surface area contributed by atoms with Crippen molar-refractivity contribution in [1.29, 1.82) is 0 Å². The summed E-state index contributed by atoms with van der Waals surface area (Å²) in [5.74, 6) is -0.630. The molecule has 3 aliphatic rings. The molecule has 2 fully saturated rings. The third kappa shape index (κ3) is 3.96. The number of rotatable bonds is 3. The van der Waals surface area contributed by atoms with Gasteiger partial charge in [-0.2, -0.15) is 0 Å². The van der Waals surface area contributed by atoms with Gasteiger partial charge in [0.15, 0.2) is 5.79 Å². The van der Waals surface area contributed by atoms with Crippen LogP contribution in [0, 0.1) is 0 Å². The fraction of sp³-hybridized carbons (Fsp3) is 0.571. The standard InChI is InChI=1S/C21H26Cl2N2O3/c1-24(20(26)15-6-7-16(22)17(23)13-15)19-14-21(27-11-12-28-21)8-4-5-18(19)25-9-2-3-10-25/h2-3,6-7,13,18-19H,4-5,8-12,14H2,1H3. The van der Waals surface area contributed by atoms with Crippen LogP contribution in [0.2, 0.25) is 10.0 Å². The van der Waals surface area contributed by atoms with E-state index in [0.717, 1.165) is 32.4 Å². The zero-order chi connectivity index (χ0) is 19.7. The molecule has 28 heavy (non-hydrogen) atoms. The second-order valence-corrected chi connectivity index (χ2v) is 8.62. The summed E-state index contributed by atoms with van der Waals surface area (Å²) in [5, 5.41) is 0.837. The number of hydrogen-bond acceptors (Lipinski definition) is 4. The average molecular weight is 425 g/mol. The Morgan fingerprint density at radius 1 is 1.18 bits per heavy atom. The molecule has 1 amide bonds. The van der Waals surface area contributed by atoms with Gasteiger partial charge >= 0.3 is 0 Å². The van der Waals surface area contributed by atoms with Gasteiger partial charge < -0.3 is 14.4 Å². The summed E-state index contributed by atoms with van der Waals surface area (Å²) in [5.41, 5.74) is 0.543. The SMILES string of the molecule is CN(C(=O)c1ccc(Cl)c(Cl)c1)C1CC2(CCCC1N1CC=CC1)OCCO2. The van der Waals surface area contributed by atoms with Crippen molar-refractivity contribution in [2.75, 3.05) is 33.4 Å². The Labute approximate surface area is 176 Å². The van der Waals surface area contributed by atoms with Crippen LogP contribution in [0.1, 0.15) is 36.0 Å². The molecule has 1 saturated heterocycles. The van der Waals surface area contributed by atoms with Crippen molar-refractivity contribution in [2.24, 2.45) is 0 Å². The largest absolute Gasteiger partial charge is 0.347 e. The smallest absolute Gasteiger partial charge is 0.253 e. The minimum atomic E-state index is -0.571. The number of carbonyl (C=O) groups excluding carboxylic acids is 1. The lowest BCUT2D eigenvalue weighted by Crippen LogP contribution is -2.53. The molecule has 1 saturated carbocycles. The molecule has 1 spiro atoms. The minimum absolute atomic E-state index is 0.0116.